The lowest BCUT2D eigenvalue weighted by atomic mass is 9.99. The highest BCUT2D eigenvalue weighted by atomic mass is 15.2. The van der Waals surface area contributed by atoms with Gasteiger partial charge in [0.25, 0.3) is 0 Å². The molecule has 0 aliphatic carbocycles. The zero-order chi connectivity index (χ0) is 14.1. The zero-order valence-corrected chi connectivity index (χ0v) is 12.4. The number of pyridine rings is 1. The average molecular weight is 269 g/mol. The molecule has 2 N–H and O–H groups in total. The highest BCUT2D eigenvalue weighted by Crippen LogP contribution is 2.28. The van der Waals surface area contributed by atoms with E-state index in [1.165, 1.54) is 24.2 Å². The number of aryl methyl sites for hydroxylation is 1. The Morgan fingerprint density at radius 3 is 2.95 bits per heavy atom. The van der Waals surface area contributed by atoms with Crippen LogP contribution in [0.2, 0.25) is 0 Å². The van der Waals surface area contributed by atoms with Crippen LogP contribution in [-0.2, 0) is 6.42 Å². The molecule has 106 valence electrons. The molecule has 1 aromatic carbocycles. The van der Waals surface area contributed by atoms with Gasteiger partial charge < -0.3 is 10.6 Å². The summed E-state index contributed by atoms with van der Waals surface area (Å²) in [6, 6.07) is 8.24. The second-order valence-electron chi connectivity index (χ2n) is 5.97. The van der Waals surface area contributed by atoms with Crippen LogP contribution in [-0.4, -0.2) is 18.1 Å². The molecule has 0 radical (unpaired) electrons. The molecule has 0 bridgehead atoms. The second-order valence-corrected chi connectivity index (χ2v) is 5.97. The van der Waals surface area contributed by atoms with Crippen molar-refractivity contribution in [2.75, 3.05) is 23.7 Å². The smallest absolute Gasteiger partial charge is 0.132 e. The van der Waals surface area contributed by atoms with Gasteiger partial charge in [-0.1, -0.05) is 13.8 Å². The molecule has 1 fully saturated rings. The Morgan fingerprint density at radius 1 is 1.35 bits per heavy atom. The molecular formula is C17H23N3. The molecule has 3 heteroatoms. The molecule has 0 spiro atoms. The molecule has 1 aliphatic heterocycles. The largest absolute Gasteiger partial charge is 0.399 e. The molecule has 1 saturated heterocycles. The maximum Gasteiger partial charge on any atom is 0.132 e. The van der Waals surface area contributed by atoms with Crippen LogP contribution in [0.3, 0.4) is 0 Å². The molecule has 2 heterocycles. The van der Waals surface area contributed by atoms with Crippen LogP contribution >= 0.6 is 0 Å². The van der Waals surface area contributed by atoms with E-state index in [0.717, 1.165) is 42.0 Å². The number of aromatic nitrogens is 1. The van der Waals surface area contributed by atoms with Crippen LogP contribution in [0.1, 0.15) is 32.3 Å². The van der Waals surface area contributed by atoms with Crippen LogP contribution < -0.4 is 10.6 Å². The van der Waals surface area contributed by atoms with E-state index in [-0.39, 0.29) is 0 Å². The lowest BCUT2D eigenvalue weighted by molar-refractivity contribution is 0.444. The Labute approximate surface area is 120 Å². The Morgan fingerprint density at radius 2 is 2.20 bits per heavy atom. The van der Waals surface area contributed by atoms with E-state index in [4.69, 9.17) is 10.7 Å². The van der Waals surface area contributed by atoms with Gasteiger partial charge in [0.2, 0.25) is 0 Å². The number of anilines is 2. The van der Waals surface area contributed by atoms with Gasteiger partial charge in [-0.2, -0.15) is 0 Å². The van der Waals surface area contributed by atoms with Crippen molar-refractivity contribution in [3.63, 3.8) is 0 Å². The topological polar surface area (TPSA) is 42.1 Å². The molecule has 0 saturated carbocycles. The highest BCUT2D eigenvalue weighted by Gasteiger charge is 2.20. The minimum absolute atomic E-state index is 0.761. The molecular weight excluding hydrogens is 246 g/mol. The third-order valence-corrected chi connectivity index (χ3v) is 4.23. The first-order valence-corrected chi connectivity index (χ1v) is 7.61. The molecule has 2 aromatic rings. The maximum atomic E-state index is 5.88. The fourth-order valence-electron chi connectivity index (χ4n) is 3.14. The van der Waals surface area contributed by atoms with E-state index in [9.17, 15) is 0 Å². The Balaban J connectivity index is 2.06. The summed E-state index contributed by atoms with van der Waals surface area (Å²) < 4.78 is 0. The molecule has 3 rings (SSSR count). The van der Waals surface area contributed by atoms with Crippen molar-refractivity contribution in [1.29, 1.82) is 0 Å². The van der Waals surface area contributed by atoms with Crippen molar-refractivity contribution in [2.45, 2.75) is 33.1 Å². The van der Waals surface area contributed by atoms with E-state index in [1.54, 1.807) is 0 Å². The van der Waals surface area contributed by atoms with Crippen molar-refractivity contribution < 1.29 is 0 Å². The van der Waals surface area contributed by atoms with Crippen molar-refractivity contribution >= 4 is 22.4 Å². The van der Waals surface area contributed by atoms with E-state index in [2.05, 4.69) is 24.8 Å². The molecule has 1 aliphatic rings. The van der Waals surface area contributed by atoms with Crippen molar-refractivity contribution in [2.24, 2.45) is 5.92 Å². The van der Waals surface area contributed by atoms with Gasteiger partial charge in [-0.05, 0) is 55.0 Å². The summed E-state index contributed by atoms with van der Waals surface area (Å²) >= 11 is 0. The fraction of sp³-hybridized carbons (Fsp3) is 0.471. The quantitative estimate of drug-likeness (QED) is 0.847. The van der Waals surface area contributed by atoms with Gasteiger partial charge in [0.1, 0.15) is 5.82 Å². The first kappa shape index (κ1) is 13.2. The number of nitrogens with two attached hydrogens (primary N) is 1. The average Bonchev–Trinajstić information content (AvgIpc) is 2.45. The molecule has 1 unspecified atom stereocenters. The molecule has 3 nitrogen and oxygen atoms in total. The van der Waals surface area contributed by atoms with Crippen LogP contribution in [0.4, 0.5) is 11.5 Å². The lowest BCUT2D eigenvalue weighted by Crippen LogP contribution is -2.35. The number of benzene rings is 1. The molecule has 20 heavy (non-hydrogen) atoms. The predicted octanol–water partition coefficient (Wildman–Crippen LogP) is 3.62. The first-order chi connectivity index (χ1) is 9.67. The Hall–Kier alpha value is -1.77. The van der Waals surface area contributed by atoms with Crippen LogP contribution in [0.25, 0.3) is 10.9 Å². The minimum atomic E-state index is 0.761. The van der Waals surface area contributed by atoms with Gasteiger partial charge in [-0.3, -0.25) is 0 Å². The number of fused-ring (bicyclic) bond motifs is 1. The van der Waals surface area contributed by atoms with E-state index in [0.29, 0.717) is 0 Å². The summed E-state index contributed by atoms with van der Waals surface area (Å²) in [4.78, 5) is 7.38. The van der Waals surface area contributed by atoms with Crippen molar-refractivity contribution in [1.82, 2.24) is 4.98 Å². The summed E-state index contributed by atoms with van der Waals surface area (Å²) in [6.07, 6.45) is 3.62. The van der Waals surface area contributed by atoms with E-state index in [1.807, 2.05) is 18.2 Å². The third kappa shape index (κ3) is 2.45. The summed E-state index contributed by atoms with van der Waals surface area (Å²) in [5.41, 5.74) is 9.06. The van der Waals surface area contributed by atoms with Gasteiger partial charge in [0, 0.05) is 24.2 Å². The molecule has 1 aromatic heterocycles. The van der Waals surface area contributed by atoms with Crippen molar-refractivity contribution in [3.8, 4) is 0 Å². The van der Waals surface area contributed by atoms with Crippen LogP contribution in [0.15, 0.2) is 24.3 Å². The van der Waals surface area contributed by atoms with Crippen LogP contribution in [0.5, 0.6) is 0 Å². The number of piperidine rings is 1. The molecule has 0 amide bonds. The fourth-order valence-corrected chi connectivity index (χ4v) is 3.14. The second kappa shape index (κ2) is 5.31. The summed E-state index contributed by atoms with van der Waals surface area (Å²) in [5.74, 6) is 1.94. The van der Waals surface area contributed by atoms with Gasteiger partial charge in [0.15, 0.2) is 0 Å². The van der Waals surface area contributed by atoms with Gasteiger partial charge in [0.05, 0.1) is 5.52 Å². The van der Waals surface area contributed by atoms with Crippen molar-refractivity contribution in [3.05, 3.63) is 29.8 Å². The van der Waals surface area contributed by atoms with Crippen LogP contribution in [0, 0.1) is 5.92 Å². The summed E-state index contributed by atoms with van der Waals surface area (Å²) in [5, 5.41) is 1.15. The van der Waals surface area contributed by atoms with Gasteiger partial charge in [-0.25, -0.2) is 4.98 Å². The normalized spacial score (nSPS) is 19.5. The van der Waals surface area contributed by atoms with E-state index >= 15 is 0 Å². The summed E-state index contributed by atoms with van der Waals surface area (Å²) in [7, 11) is 0. The summed E-state index contributed by atoms with van der Waals surface area (Å²) in [6.45, 7) is 6.79. The molecule has 1 atom stereocenters. The number of hydrogen-bond donors (Lipinski definition) is 1. The highest BCUT2D eigenvalue weighted by molar-refractivity contribution is 5.84. The first-order valence-electron chi connectivity index (χ1n) is 7.61. The van der Waals surface area contributed by atoms with Gasteiger partial charge in [-0.15, -0.1) is 0 Å². The Bertz CT molecular complexity index is 621. The predicted molar refractivity (Wildman–Crippen MR) is 86.1 cm³/mol. The maximum absolute atomic E-state index is 5.88. The number of nitrogens with zero attached hydrogens (tertiary/aromatic N) is 2. The van der Waals surface area contributed by atoms with E-state index < -0.39 is 0 Å². The standard InChI is InChI=1S/C17H23N3/c1-3-13-9-14-10-15(18)6-7-16(14)19-17(13)20-8-4-5-12(2)11-20/h6-7,9-10,12H,3-5,8,11,18H2,1-2H3. The number of nitrogen functional groups attached to an aromatic ring is 1. The monoisotopic (exact) mass is 269 g/mol. The number of rotatable bonds is 2. The number of hydrogen-bond acceptors (Lipinski definition) is 3. The third-order valence-electron chi connectivity index (χ3n) is 4.23. The zero-order valence-electron chi connectivity index (χ0n) is 12.4. The SMILES string of the molecule is CCc1cc2cc(N)ccc2nc1N1CCCC(C)C1. The van der Waals surface area contributed by atoms with Gasteiger partial charge >= 0.3 is 0 Å². The Kier molecular flexibility index (Phi) is 3.51. The lowest BCUT2D eigenvalue weighted by Gasteiger charge is -2.33. The minimum Gasteiger partial charge on any atom is -0.399 e.